The highest BCUT2D eigenvalue weighted by molar-refractivity contribution is 5.97. The lowest BCUT2D eigenvalue weighted by molar-refractivity contribution is -0.136. The van der Waals surface area contributed by atoms with Crippen molar-refractivity contribution in [1.82, 2.24) is 0 Å². The summed E-state index contributed by atoms with van der Waals surface area (Å²) in [6.45, 7) is 3.95. The van der Waals surface area contributed by atoms with E-state index in [-0.39, 0.29) is 24.8 Å². The van der Waals surface area contributed by atoms with Gasteiger partial charge < -0.3 is 15.7 Å². The normalized spacial score (nSPS) is 10.5. The Labute approximate surface area is 129 Å². The zero-order valence-corrected chi connectivity index (χ0v) is 12.9. The predicted octanol–water partition coefficient (Wildman–Crippen LogP) is 2.03. The Hall–Kier alpha value is -2.37. The predicted molar refractivity (Wildman–Crippen MR) is 83.6 cm³/mol. The lowest BCUT2D eigenvalue weighted by Crippen LogP contribution is -2.37. The summed E-state index contributed by atoms with van der Waals surface area (Å²) < 4.78 is 0. The van der Waals surface area contributed by atoms with Crippen molar-refractivity contribution in [2.24, 2.45) is 11.7 Å². The van der Waals surface area contributed by atoms with Crippen LogP contribution < -0.4 is 10.6 Å². The molecule has 1 aromatic carbocycles. The van der Waals surface area contributed by atoms with Crippen molar-refractivity contribution in [3.8, 4) is 0 Å². The molecule has 0 saturated carbocycles. The number of hydrogen-bond acceptors (Lipinski definition) is 3. The summed E-state index contributed by atoms with van der Waals surface area (Å²) >= 11 is 0. The Morgan fingerprint density at radius 3 is 2.09 bits per heavy atom. The minimum absolute atomic E-state index is 0.0978. The lowest BCUT2D eigenvalue weighted by Gasteiger charge is -2.26. The number of carbonyl (C=O) groups is 3. The van der Waals surface area contributed by atoms with Crippen LogP contribution in [0.15, 0.2) is 24.3 Å². The molecule has 2 amide bonds. The van der Waals surface area contributed by atoms with E-state index >= 15 is 0 Å². The fourth-order valence-electron chi connectivity index (χ4n) is 2.24. The second-order valence-corrected chi connectivity index (χ2v) is 5.06. The number of amides is 2. The maximum absolute atomic E-state index is 12.6. The highest BCUT2D eigenvalue weighted by atomic mass is 16.4. The summed E-state index contributed by atoms with van der Waals surface area (Å²) in [7, 11) is 0. The van der Waals surface area contributed by atoms with Crippen molar-refractivity contribution in [2.45, 2.75) is 33.1 Å². The quantitative estimate of drug-likeness (QED) is 0.767. The third-order valence-corrected chi connectivity index (χ3v) is 3.61. The van der Waals surface area contributed by atoms with Gasteiger partial charge in [-0.1, -0.05) is 13.8 Å². The van der Waals surface area contributed by atoms with Crippen LogP contribution in [0.25, 0.3) is 0 Å². The van der Waals surface area contributed by atoms with Gasteiger partial charge in [0.1, 0.15) is 0 Å². The summed E-state index contributed by atoms with van der Waals surface area (Å²) in [5.74, 6) is -1.76. The molecule has 6 heteroatoms. The van der Waals surface area contributed by atoms with Crippen LogP contribution >= 0.6 is 0 Å². The maximum atomic E-state index is 12.6. The number of carboxylic acids is 1. The number of rotatable bonds is 8. The summed E-state index contributed by atoms with van der Waals surface area (Å²) in [6.07, 6.45) is 1.25. The van der Waals surface area contributed by atoms with Gasteiger partial charge in [-0.3, -0.25) is 14.4 Å². The number of primary amides is 1. The number of carbonyl (C=O) groups excluding carboxylic acids is 2. The Morgan fingerprint density at radius 2 is 1.68 bits per heavy atom. The minimum atomic E-state index is -0.962. The van der Waals surface area contributed by atoms with Crippen LogP contribution in [0.2, 0.25) is 0 Å². The van der Waals surface area contributed by atoms with E-state index in [1.807, 2.05) is 13.8 Å². The van der Waals surface area contributed by atoms with Crippen LogP contribution in [0, 0.1) is 5.92 Å². The van der Waals surface area contributed by atoms with E-state index in [1.165, 1.54) is 17.0 Å². The van der Waals surface area contributed by atoms with Crippen molar-refractivity contribution in [3.63, 3.8) is 0 Å². The lowest BCUT2D eigenvalue weighted by atomic mass is 10.0. The van der Waals surface area contributed by atoms with Gasteiger partial charge in [-0.15, -0.1) is 0 Å². The summed E-state index contributed by atoms with van der Waals surface area (Å²) in [5.41, 5.74) is 6.11. The summed E-state index contributed by atoms with van der Waals surface area (Å²) in [5, 5.41) is 8.86. The van der Waals surface area contributed by atoms with Gasteiger partial charge in [0.25, 0.3) is 0 Å². The first-order valence-electron chi connectivity index (χ1n) is 7.33. The van der Waals surface area contributed by atoms with Crippen molar-refractivity contribution in [3.05, 3.63) is 29.8 Å². The molecule has 0 aromatic heterocycles. The molecule has 0 aliphatic carbocycles. The second kappa shape index (κ2) is 8.17. The summed E-state index contributed by atoms with van der Waals surface area (Å²) in [4.78, 5) is 36.0. The van der Waals surface area contributed by atoms with Gasteiger partial charge in [0, 0.05) is 23.7 Å². The Kier molecular flexibility index (Phi) is 6.56. The van der Waals surface area contributed by atoms with Gasteiger partial charge in [-0.25, -0.2) is 0 Å². The first-order valence-corrected chi connectivity index (χ1v) is 7.33. The molecule has 120 valence electrons. The van der Waals surface area contributed by atoms with Crippen LogP contribution in [-0.4, -0.2) is 29.4 Å². The smallest absolute Gasteiger partial charge is 0.305 e. The molecule has 0 saturated heterocycles. The van der Waals surface area contributed by atoms with E-state index in [0.717, 1.165) is 0 Å². The fraction of sp³-hybridized carbons (Fsp3) is 0.438. The fourth-order valence-corrected chi connectivity index (χ4v) is 2.24. The first-order chi connectivity index (χ1) is 10.4. The summed E-state index contributed by atoms with van der Waals surface area (Å²) in [6, 6.07) is 6.29. The van der Waals surface area contributed by atoms with Crippen molar-refractivity contribution >= 4 is 23.5 Å². The Bertz CT molecular complexity index is 536. The van der Waals surface area contributed by atoms with Crippen LogP contribution in [-0.2, 0) is 9.59 Å². The number of nitrogens with two attached hydrogens (primary N) is 1. The molecule has 0 aliphatic rings. The topological polar surface area (TPSA) is 101 Å². The molecular formula is C16H22N2O4. The van der Waals surface area contributed by atoms with Crippen LogP contribution in [0.1, 0.15) is 43.5 Å². The maximum Gasteiger partial charge on any atom is 0.305 e. The number of hydrogen-bond donors (Lipinski definition) is 2. The molecule has 6 nitrogen and oxygen atoms in total. The monoisotopic (exact) mass is 306 g/mol. The van der Waals surface area contributed by atoms with E-state index in [2.05, 4.69) is 0 Å². The van der Waals surface area contributed by atoms with Gasteiger partial charge in [0.2, 0.25) is 11.8 Å². The molecule has 0 radical (unpaired) electrons. The van der Waals surface area contributed by atoms with Crippen LogP contribution in [0.4, 0.5) is 5.69 Å². The number of anilines is 1. The molecule has 0 aliphatic heterocycles. The van der Waals surface area contributed by atoms with Gasteiger partial charge in [0.05, 0.1) is 6.42 Å². The molecule has 0 bridgehead atoms. The van der Waals surface area contributed by atoms with E-state index < -0.39 is 11.9 Å². The molecule has 0 spiro atoms. The number of carboxylic acid groups (broad SMARTS) is 1. The Morgan fingerprint density at radius 1 is 1.14 bits per heavy atom. The minimum Gasteiger partial charge on any atom is -0.481 e. The van der Waals surface area contributed by atoms with Gasteiger partial charge >= 0.3 is 5.97 Å². The molecule has 3 N–H and O–H groups in total. The van der Waals surface area contributed by atoms with E-state index in [4.69, 9.17) is 10.8 Å². The number of aliphatic carboxylic acids is 1. The van der Waals surface area contributed by atoms with Crippen molar-refractivity contribution in [1.29, 1.82) is 0 Å². The van der Waals surface area contributed by atoms with Crippen molar-refractivity contribution in [2.75, 3.05) is 11.4 Å². The third-order valence-electron chi connectivity index (χ3n) is 3.61. The molecule has 0 heterocycles. The highest BCUT2D eigenvalue weighted by Gasteiger charge is 2.23. The number of benzene rings is 1. The highest BCUT2D eigenvalue weighted by Crippen LogP contribution is 2.21. The molecule has 0 fully saturated rings. The van der Waals surface area contributed by atoms with Gasteiger partial charge in [-0.05, 0) is 37.1 Å². The molecule has 1 aromatic rings. The molecular weight excluding hydrogens is 284 g/mol. The van der Waals surface area contributed by atoms with Crippen LogP contribution in [0.3, 0.4) is 0 Å². The van der Waals surface area contributed by atoms with Crippen molar-refractivity contribution < 1.29 is 19.5 Å². The SMILES string of the molecule is CCC(CC)C(=O)N(CCC(=O)O)c1ccc(C(N)=O)cc1. The zero-order valence-electron chi connectivity index (χ0n) is 12.9. The molecule has 0 atom stereocenters. The average molecular weight is 306 g/mol. The molecule has 1 rings (SSSR count). The molecule has 0 unspecified atom stereocenters. The largest absolute Gasteiger partial charge is 0.481 e. The number of nitrogens with zero attached hydrogens (tertiary/aromatic N) is 1. The zero-order chi connectivity index (χ0) is 16.7. The first kappa shape index (κ1) is 17.7. The van der Waals surface area contributed by atoms with E-state index in [1.54, 1.807) is 12.1 Å². The van der Waals surface area contributed by atoms with Crippen LogP contribution in [0.5, 0.6) is 0 Å². The Balaban J connectivity index is 3.05. The van der Waals surface area contributed by atoms with E-state index in [9.17, 15) is 14.4 Å². The second-order valence-electron chi connectivity index (χ2n) is 5.06. The average Bonchev–Trinajstić information content (AvgIpc) is 2.49. The van der Waals surface area contributed by atoms with Gasteiger partial charge in [-0.2, -0.15) is 0 Å². The third kappa shape index (κ3) is 4.58. The molecule has 22 heavy (non-hydrogen) atoms. The van der Waals surface area contributed by atoms with E-state index in [0.29, 0.717) is 24.1 Å². The standard InChI is InChI=1S/C16H22N2O4/c1-3-11(4-2)16(22)18(10-9-14(19)20)13-7-5-12(6-8-13)15(17)21/h5-8,11H,3-4,9-10H2,1-2H3,(H2,17,21)(H,19,20). The van der Waals surface area contributed by atoms with Gasteiger partial charge in [0.15, 0.2) is 0 Å².